The monoisotopic (exact) mass is 268 g/mol. The lowest BCUT2D eigenvalue weighted by molar-refractivity contribution is 0.105. The van der Waals surface area contributed by atoms with Crippen LogP contribution in [0.15, 0.2) is 0 Å². The molecule has 0 aromatic heterocycles. The summed E-state index contributed by atoms with van der Waals surface area (Å²) in [4.78, 5) is 14.5. The summed E-state index contributed by atoms with van der Waals surface area (Å²) in [6, 6.07) is 0.890. The maximum Gasteiger partial charge on any atom is 0.317 e. The molecule has 4 nitrogen and oxygen atoms in total. The van der Waals surface area contributed by atoms with E-state index in [4.69, 9.17) is 4.74 Å². The molecule has 0 radical (unpaired) electrons. The van der Waals surface area contributed by atoms with Crippen LogP contribution in [0.1, 0.15) is 52.9 Å². The van der Waals surface area contributed by atoms with Gasteiger partial charge in [-0.3, -0.25) is 0 Å². The summed E-state index contributed by atoms with van der Waals surface area (Å²) >= 11 is 0. The molecule has 2 fully saturated rings. The van der Waals surface area contributed by atoms with Crippen molar-refractivity contribution >= 4 is 6.03 Å². The zero-order chi connectivity index (χ0) is 13.8. The molecule has 0 aromatic carbocycles. The molecule has 1 saturated heterocycles. The number of amides is 2. The van der Waals surface area contributed by atoms with Crippen molar-refractivity contribution in [2.24, 2.45) is 5.92 Å². The summed E-state index contributed by atoms with van der Waals surface area (Å²) in [6.45, 7) is 8.10. The average molecular weight is 268 g/mol. The van der Waals surface area contributed by atoms with Crippen LogP contribution in [0.3, 0.4) is 0 Å². The summed E-state index contributed by atoms with van der Waals surface area (Å²) in [6.07, 6.45) is 5.86. The highest BCUT2D eigenvalue weighted by atomic mass is 16.5. The van der Waals surface area contributed by atoms with E-state index in [1.54, 1.807) is 0 Å². The maximum atomic E-state index is 12.4. The SMILES string of the molecule is CC[C@H](C)[C@H](C)N(C(=O)NC[C@H]1CCCO1)C1CC1. The molecule has 4 heteroatoms. The molecule has 2 rings (SSSR count). The number of ether oxygens (including phenoxy) is 1. The van der Waals surface area contributed by atoms with Crippen LogP contribution in [0, 0.1) is 5.92 Å². The Bertz CT molecular complexity index is 299. The Labute approximate surface area is 116 Å². The molecular formula is C15H28N2O2. The molecule has 19 heavy (non-hydrogen) atoms. The van der Waals surface area contributed by atoms with Crippen LogP contribution in [0.2, 0.25) is 0 Å². The molecular weight excluding hydrogens is 240 g/mol. The lowest BCUT2D eigenvalue weighted by Gasteiger charge is -2.33. The lowest BCUT2D eigenvalue weighted by atomic mass is 9.99. The molecule has 0 aromatic rings. The minimum Gasteiger partial charge on any atom is -0.376 e. The molecule has 1 N–H and O–H groups in total. The van der Waals surface area contributed by atoms with Gasteiger partial charge in [0.2, 0.25) is 0 Å². The molecule has 2 aliphatic rings. The van der Waals surface area contributed by atoms with E-state index in [0.29, 0.717) is 24.5 Å². The Kier molecular flexibility index (Phi) is 5.08. The normalized spacial score (nSPS) is 25.9. The summed E-state index contributed by atoms with van der Waals surface area (Å²) in [5.41, 5.74) is 0. The largest absolute Gasteiger partial charge is 0.376 e. The Balaban J connectivity index is 1.85. The topological polar surface area (TPSA) is 41.6 Å². The van der Waals surface area contributed by atoms with Crippen molar-refractivity contribution in [3.05, 3.63) is 0 Å². The second-order valence-corrected chi connectivity index (χ2v) is 6.09. The van der Waals surface area contributed by atoms with Gasteiger partial charge in [-0.2, -0.15) is 0 Å². The van der Waals surface area contributed by atoms with Crippen LogP contribution in [-0.4, -0.2) is 42.3 Å². The zero-order valence-corrected chi connectivity index (χ0v) is 12.5. The number of carbonyl (C=O) groups excluding carboxylic acids is 1. The van der Waals surface area contributed by atoms with Crippen molar-refractivity contribution in [2.75, 3.05) is 13.2 Å². The zero-order valence-electron chi connectivity index (χ0n) is 12.5. The fourth-order valence-electron chi connectivity index (χ4n) is 2.75. The summed E-state index contributed by atoms with van der Waals surface area (Å²) in [7, 11) is 0. The molecule has 1 aliphatic heterocycles. The summed E-state index contributed by atoms with van der Waals surface area (Å²) in [5.74, 6) is 0.550. The smallest absolute Gasteiger partial charge is 0.317 e. The second kappa shape index (κ2) is 6.60. The maximum absolute atomic E-state index is 12.4. The first kappa shape index (κ1) is 14.6. The van der Waals surface area contributed by atoms with Crippen molar-refractivity contribution in [1.29, 1.82) is 0 Å². The molecule has 0 unspecified atom stereocenters. The Morgan fingerprint density at radius 3 is 2.63 bits per heavy atom. The van der Waals surface area contributed by atoms with Gasteiger partial charge >= 0.3 is 6.03 Å². The molecule has 2 amide bonds. The molecule has 110 valence electrons. The first-order chi connectivity index (χ1) is 9.13. The van der Waals surface area contributed by atoms with Gasteiger partial charge in [-0.25, -0.2) is 4.79 Å². The van der Waals surface area contributed by atoms with Crippen LogP contribution in [0.4, 0.5) is 4.79 Å². The minimum atomic E-state index is 0.103. The van der Waals surface area contributed by atoms with Gasteiger partial charge in [-0.1, -0.05) is 20.3 Å². The first-order valence-corrected chi connectivity index (χ1v) is 7.81. The molecule has 0 spiro atoms. The molecule has 3 atom stereocenters. The van der Waals surface area contributed by atoms with Crippen LogP contribution in [-0.2, 0) is 4.74 Å². The average Bonchev–Trinajstić information content (AvgIpc) is 3.10. The third kappa shape index (κ3) is 3.85. The van der Waals surface area contributed by atoms with Gasteiger partial charge in [-0.15, -0.1) is 0 Å². The number of carbonyl (C=O) groups is 1. The first-order valence-electron chi connectivity index (χ1n) is 7.81. The van der Waals surface area contributed by atoms with Gasteiger partial charge in [0.25, 0.3) is 0 Å². The van der Waals surface area contributed by atoms with Crippen molar-refractivity contribution in [3.8, 4) is 0 Å². The fourth-order valence-corrected chi connectivity index (χ4v) is 2.75. The number of rotatable bonds is 6. The van der Waals surface area contributed by atoms with Gasteiger partial charge in [-0.05, 0) is 38.5 Å². The van der Waals surface area contributed by atoms with E-state index >= 15 is 0 Å². The molecule has 1 saturated carbocycles. The summed E-state index contributed by atoms with van der Waals surface area (Å²) in [5, 5.41) is 3.07. The van der Waals surface area contributed by atoms with Gasteiger partial charge < -0.3 is 15.0 Å². The van der Waals surface area contributed by atoms with Crippen molar-refractivity contribution in [2.45, 2.75) is 71.1 Å². The molecule has 1 heterocycles. The number of urea groups is 1. The highest BCUT2D eigenvalue weighted by molar-refractivity contribution is 5.75. The lowest BCUT2D eigenvalue weighted by Crippen LogP contribution is -2.50. The Morgan fingerprint density at radius 1 is 1.37 bits per heavy atom. The van der Waals surface area contributed by atoms with Crippen molar-refractivity contribution < 1.29 is 9.53 Å². The predicted molar refractivity (Wildman–Crippen MR) is 76.2 cm³/mol. The highest BCUT2D eigenvalue weighted by Gasteiger charge is 2.37. The van der Waals surface area contributed by atoms with E-state index in [9.17, 15) is 4.79 Å². The quantitative estimate of drug-likeness (QED) is 0.805. The van der Waals surface area contributed by atoms with Crippen LogP contribution in [0.5, 0.6) is 0 Å². The van der Waals surface area contributed by atoms with Crippen molar-refractivity contribution in [1.82, 2.24) is 10.2 Å². The van der Waals surface area contributed by atoms with E-state index in [1.807, 2.05) is 0 Å². The van der Waals surface area contributed by atoms with Crippen LogP contribution < -0.4 is 5.32 Å². The predicted octanol–water partition coefficient (Wildman–Crippen LogP) is 2.77. The Morgan fingerprint density at radius 2 is 2.11 bits per heavy atom. The van der Waals surface area contributed by atoms with E-state index < -0.39 is 0 Å². The Hall–Kier alpha value is -0.770. The third-order valence-electron chi connectivity index (χ3n) is 4.59. The van der Waals surface area contributed by atoms with Crippen LogP contribution >= 0.6 is 0 Å². The van der Waals surface area contributed by atoms with E-state index in [-0.39, 0.29) is 12.1 Å². The molecule has 0 bridgehead atoms. The standard InChI is InChI=1S/C15H28N2O2/c1-4-11(2)12(3)17(13-7-8-13)15(18)16-10-14-6-5-9-19-14/h11-14H,4-10H2,1-3H3,(H,16,18)/t11-,12-,14+/m0/s1. The van der Waals surface area contributed by atoms with Crippen LogP contribution in [0.25, 0.3) is 0 Å². The number of hydrogen-bond acceptors (Lipinski definition) is 2. The number of nitrogens with zero attached hydrogens (tertiary/aromatic N) is 1. The van der Waals surface area contributed by atoms with Gasteiger partial charge in [0.05, 0.1) is 6.10 Å². The third-order valence-corrected chi connectivity index (χ3v) is 4.59. The van der Waals surface area contributed by atoms with Gasteiger partial charge in [0.15, 0.2) is 0 Å². The fraction of sp³-hybridized carbons (Fsp3) is 0.933. The van der Waals surface area contributed by atoms with E-state index in [1.165, 1.54) is 0 Å². The minimum absolute atomic E-state index is 0.103. The highest BCUT2D eigenvalue weighted by Crippen LogP contribution is 2.31. The summed E-state index contributed by atoms with van der Waals surface area (Å²) < 4.78 is 5.56. The number of nitrogens with one attached hydrogen (secondary N) is 1. The van der Waals surface area contributed by atoms with E-state index in [0.717, 1.165) is 38.7 Å². The van der Waals surface area contributed by atoms with Gasteiger partial charge in [0, 0.05) is 25.2 Å². The number of hydrogen-bond donors (Lipinski definition) is 1. The van der Waals surface area contributed by atoms with Gasteiger partial charge in [0.1, 0.15) is 0 Å². The molecule has 1 aliphatic carbocycles. The van der Waals surface area contributed by atoms with E-state index in [2.05, 4.69) is 31.0 Å². The van der Waals surface area contributed by atoms with Crippen molar-refractivity contribution in [3.63, 3.8) is 0 Å². The second-order valence-electron chi connectivity index (χ2n) is 6.09.